The molecule has 0 amide bonds. The summed E-state index contributed by atoms with van der Waals surface area (Å²) < 4.78 is 2.38. The summed E-state index contributed by atoms with van der Waals surface area (Å²) in [6.07, 6.45) is 3.71. The summed E-state index contributed by atoms with van der Waals surface area (Å²) >= 11 is 0. The Morgan fingerprint density at radius 1 is 0.489 bits per heavy atom. The molecule has 0 spiro atoms. The number of rotatable bonds is 5. The van der Waals surface area contributed by atoms with E-state index in [4.69, 9.17) is 15.0 Å². The van der Waals surface area contributed by atoms with E-state index in [0.717, 1.165) is 39.0 Å². The lowest BCUT2D eigenvalue weighted by molar-refractivity contribution is 0.591. The average molecular weight is 608 g/mol. The molecule has 0 saturated carbocycles. The van der Waals surface area contributed by atoms with Crippen LogP contribution in [-0.4, -0.2) is 24.5 Å². The van der Waals surface area contributed by atoms with Gasteiger partial charge in [0.15, 0.2) is 17.5 Å². The molecule has 226 valence electrons. The standard InChI is InChI=1S/C42H33N5/c1-42(2,3)31-20-22-34-33-18-10-11-19-37(33)47(38(34)25-31)32-21-23-35(36(26-32)30-17-12-24-43-27-30)41-45-39(28-13-6-4-7-14-28)44-40(46-41)29-15-8-5-9-16-29/h4-27H,1-3H3. The summed E-state index contributed by atoms with van der Waals surface area (Å²) in [7, 11) is 0. The van der Waals surface area contributed by atoms with E-state index in [0.29, 0.717) is 17.5 Å². The summed E-state index contributed by atoms with van der Waals surface area (Å²) in [5.41, 5.74) is 9.50. The molecule has 3 heterocycles. The summed E-state index contributed by atoms with van der Waals surface area (Å²) in [6, 6.07) is 46.3. The lowest BCUT2D eigenvalue weighted by Crippen LogP contribution is -2.10. The summed E-state index contributed by atoms with van der Waals surface area (Å²) in [6.45, 7) is 6.79. The molecule has 8 aromatic rings. The first kappa shape index (κ1) is 28.5. The Balaban J connectivity index is 1.39. The zero-order valence-corrected chi connectivity index (χ0v) is 26.6. The molecular formula is C42H33N5. The van der Waals surface area contributed by atoms with Gasteiger partial charge in [-0.25, -0.2) is 15.0 Å². The van der Waals surface area contributed by atoms with Crippen LogP contribution in [0.4, 0.5) is 0 Å². The van der Waals surface area contributed by atoms with Crippen molar-refractivity contribution in [2.24, 2.45) is 0 Å². The van der Waals surface area contributed by atoms with E-state index in [1.165, 1.54) is 21.9 Å². The van der Waals surface area contributed by atoms with E-state index < -0.39 is 0 Å². The smallest absolute Gasteiger partial charge is 0.164 e. The molecule has 0 atom stereocenters. The molecule has 0 N–H and O–H groups in total. The minimum Gasteiger partial charge on any atom is -0.309 e. The van der Waals surface area contributed by atoms with Gasteiger partial charge in [0, 0.05) is 51.1 Å². The summed E-state index contributed by atoms with van der Waals surface area (Å²) in [5, 5.41) is 2.46. The van der Waals surface area contributed by atoms with Gasteiger partial charge in [-0.2, -0.15) is 0 Å². The fraction of sp³-hybridized carbons (Fsp3) is 0.0952. The topological polar surface area (TPSA) is 56.5 Å². The van der Waals surface area contributed by atoms with E-state index in [9.17, 15) is 0 Å². The molecule has 0 radical (unpaired) electrons. The molecule has 0 saturated heterocycles. The Morgan fingerprint density at radius 2 is 1.11 bits per heavy atom. The quantitative estimate of drug-likeness (QED) is 0.195. The number of pyridine rings is 1. The van der Waals surface area contributed by atoms with Crippen molar-refractivity contribution < 1.29 is 0 Å². The molecule has 8 rings (SSSR count). The van der Waals surface area contributed by atoms with Crippen molar-refractivity contribution in [2.45, 2.75) is 26.2 Å². The molecule has 0 unspecified atom stereocenters. The molecule has 5 nitrogen and oxygen atoms in total. The number of benzene rings is 5. The van der Waals surface area contributed by atoms with Gasteiger partial charge in [0.2, 0.25) is 0 Å². The van der Waals surface area contributed by atoms with Gasteiger partial charge < -0.3 is 4.57 Å². The molecule has 3 aromatic heterocycles. The van der Waals surface area contributed by atoms with Crippen molar-refractivity contribution in [3.8, 4) is 51.0 Å². The number of hydrogen-bond donors (Lipinski definition) is 0. The Labute approximate surface area is 274 Å². The third-order valence-electron chi connectivity index (χ3n) is 8.71. The summed E-state index contributed by atoms with van der Waals surface area (Å²) in [4.78, 5) is 19.5. The van der Waals surface area contributed by atoms with Crippen LogP contribution >= 0.6 is 0 Å². The molecule has 5 heteroatoms. The van der Waals surface area contributed by atoms with Crippen LogP contribution in [0.3, 0.4) is 0 Å². The Hall–Kier alpha value is -5.94. The predicted octanol–water partition coefficient (Wildman–Crippen LogP) is 10.3. The van der Waals surface area contributed by atoms with Crippen molar-refractivity contribution in [1.82, 2.24) is 24.5 Å². The number of fused-ring (bicyclic) bond motifs is 3. The highest BCUT2D eigenvalue weighted by molar-refractivity contribution is 6.09. The van der Waals surface area contributed by atoms with Gasteiger partial charge >= 0.3 is 0 Å². The molecule has 47 heavy (non-hydrogen) atoms. The zero-order valence-electron chi connectivity index (χ0n) is 26.6. The minimum atomic E-state index is 0.0196. The van der Waals surface area contributed by atoms with Gasteiger partial charge in [0.25, 0.3) is 0 Å². The van der Waals surface area contributed by atoms with Gasteiger partial charge in [0.1, 0.15) is 0 Å². The monoisotopic (exact) mass is 607 g/mol. The fourth-order valence-electron chi connectivity index (χ4n) is 6.27. The Bertz CT molecular complexity index is 2310. The minimum absolute atomic E-state index is 0.0196. The second-order valence-corrected chi connectivity index (χ2v) is 12.8. The molecule has 0 aliphatic heterocycles. The number of aromatic nitrogens is 5. The molecular weight excluding hydrogens is 574 g/mol. The highest BCUT2D eigenvalue weighted by Gasteiger charge is 2.20. The maximum Gasteiger partial charge on any atom is 0.164 e. The van der Waals surface area contributed by atoms with E-state index in [-0.39, 0.29) is 5.41 Å². The second-order valence-electron chi connectivity index (χ2n) is 12.8. The van der Waals surface area contributed by atoms with E-state index in [1.54, 1.807) is 6.20 Å². The fourth-order valence-corrected chi connectivity index (χ4v) is 6.27. The third kappa shape index (κ3) is 5.26. The van der Waals surface area contributed by atoms with E-state index >= 15 is 0 Å². The predicted molar refractivity (Wildman–Crippen MR) is 192 cm³/mol. The average Bonchev–Trinajstić information content (AvgIpc) is 3.46. The van der Waals surface area contributed by atoms with E-state index in [1.807, 2.05) is 72.9 Å². The normalized spacial score (nSPS) is 11.7. The van der Waals surface area contributed by atoms with Crippen LogP contribution in [-0.2, 0) is 5.41 Å². The first-order valence-corrected chi connectivity index (χ1v) is 15.9. The van der Waals surface area contributed by atoms with Crippen molar-refractivity contribution in [1.29, 1.82) is 0 Å². The Kier molecular flexibility index (Phi) is 6.95. The molecule has 0 fully saturated rings. The maximum absolute atomic E-state index is 5.07. The zero-order chi connectivity index (χ0) is 32.0. The number of hydrogen-bond acceptors (Lipinski definition) is 4. The largest absolute Gasteiger partial charge is 0.309 e. The van der Waals surface area contributed by atoms with E-state index in [2.05, 4.69) is 97.1 Å². The Morgan fingerprint density at radius 3 is 1.77 bits per heavy atom. The summed E-state index contributed by atoms with van der Waals surface area (Å²) in [5.74, 6) is 1.88. The van der Waals surface area contributed by atoms with Gasteiger partial charge in [-0.3, -0.25) is 4.98 Å². The molecule has 0 aliphatic rings. The van der Waals surface area contributed by atoms with Crippen LogP contribution in [0.2, 0.25) is 0 Å². The number of para-hydroxylation sites is 1. The van der Waals surface area contributed by atoms with Crippen molar-refractivity contribution in [3.63, 3.8) is 0 Å². The van der Waals surface area contributed by atoms with Crippen molar-refractivity contribution in [3.05, 3.63) is 151 Å². The van der Waals surface area contributed by atoms with Gasteiger partial charge in [-0.05, 0) is 52.9 Å². The van der Waals surface area contributed by atoms with Gasteiger partial charge in [-0.15, -0.1) is 0 Å². The SMILES string of the molecule is CC(C)(C)c1ccc2c3ccccc3n(-c3ccc(-c4nc(-c5ccccc5)nc(-c5ccccc5)n4)c(-c4cccnc4)c3)c2c1. The maximum atomic E-state index is 5.07. The van der Waals surface area contributed by atoms with Gasteiger partial charge in [-0.1, -0.05) is 118 Å². The van der Waals surface area contributed by atoms with Crippen LogP contribution in [0.1, 0.15) is 26.3 Å². The molecule has 0 aliphatic carbocycles. The molecule has 0 bridgehead atoms. The van der Waals surface area contributed by atoms with Crippen LogP contribution in [0.25, 0.3) is 72.8 Å². The third-order valence-corrected chi connectivity index (χ3v) is 8.71. The van der Waals surface area contributed by atoms with Crippen molar-refractivity contribution in [2.75, 3.05) is 0 Å². The van der Waals surface area contributed by atoms with Crippen LogP contribution in [0.5, 0.6) is 0 Å². The van der Waals surface area contributed by atoms with Crippen LogP contribution in [0, 0.1) is 0 Å². The highest BCUT2D eigenvalue weighted by Crippen LogP contribution is 2.38. The lowest BCUT2D eigenvalue weighted by Gasteiger charge is -2.20. The number of nitrogens with zero attached hydrogens (tertiary/aromatic N) is 5. The highest BCUT2D eigenvalue weighted by atomic mass is 15.0. The van der Waals surface area contributed by atoms with Gasteiger partial charge in [0.05, 0.1) is 11.0 Å². The first-order chi connectivity index (χ1) is 22.9. The van der Waals surface area contributed by atoms with Crippen LogP contribution in [0.15, 0.2) is 146 Å². The van der Waals surface area contributed by atoms with Crippen molar-refractivity contribution >= 4 is 21.8 Å². The lowest BCUT2D eigenvalue weighted by atomic mass is 9.86. The first-order valence-electron chi connectivity index (χ1n) is 15.9. The van der Waals surface area contributed by atoms with Crippen LogP contribution < -0.4 is 0 Å². The second kappa shape index (κ2) is 11.5. The molecule has 5 aromatic carbocycles.